The van der Waals surface area contributed by atoms with Gasteiger partial charge >= 0.3 is 0 Å². The van der Waals surface area contributed by atoms with Gasteiger partial charge in [-0.3, -0.25) is 9.59 Å². The van der Waals surface area contributed by atoms with E-state index in [4.69, 9.17) is 0 Å². The number of nitrogens with zero attached hydrogens (tertiary/aromatic N) is 1. The van der Waals surface area contributed by atoms with E-state index in [9.17, 15) is 14.0 Å². The van der Waals surface area contributed by atoms with Crippen molar-refractivity contribution in [3.63, 3.8) is 0 Å². The molecule has 0 aliphatic heterocycles. The lowest BCUT2D eigenvalue weighted by molar-refractivity contribution is -0.138. The largest absolute Gasteiger partial charge is 0.354 e. The standard InChI is InChI=1S/C23H29FN2O2S/c1-17(2)13-25-23(28)18(3)26(14-20-11-7-8-12-21(20)24)22(27)16-29-15-19-9-5-4-6-10-19/h4-12,17-18H,13-16H2,1-3H3,(H,25,28). The summed E-state index contributed by atoms with van der Waals surface area (Å²) in [6.07, 6.45) is 0. The van der Waals surface area contributed by atoms with Gasteiger partial charge in [0.15, 0.2) is 0 Å². The maximum Gasteiger partial charge on any atom is 0.242 e. The molecule has 0 spiro atoms. The molecular weight excluding hydrogens is 387 g/mol. The Balaban J connectivity index is 2.06. The van der Waals surface area contributed by atoms with Gasteiger partial charge in [-0.2, -0.15) is 0 Å². The van der Waals surface area contributed by atoms with Gasteiger partial charge in [-0.1, -0.05) is 62.4 Å². The lowest BCUT2D eigenvalue weighted by Gasteiger charge is -2.29. The summed E-state index contributed by atoms with van der Waals surface area (Å²) in [6, 6.07) is 15.6. The van der Waals surface area contributed by atoms with Crippen molar-refractivity contribution in [2.75, 3.05) is 12.3 Å². The van der Waals surface area contributed by atoms with Crippen LogP contribution >= 0.6 is 11.8 Å². The van der Waals surface area contributed by atoms with E-state index in [0.717, 1.165) is 5.56 Å². The van der Waals surface area contributed by atoms with Crippen LogP contribution in [0.4, 0.5) is 4.39 Å². The van der Waals surface area contributed by atoms with Gasteiger partial charge in [0.05, 0.1) is 5.75 Å². The Labute approximate surface area is 176 Å². The maximum atomic E-state index is 14.2. The third-order valence-electron chi connectivity index (χ3n) is 4.49. The van der Waals surface area contributed by atoms with E-state index >= 15 is 0 Å². The number of hydrogen-bond acceptors (Lipinski definition) is 3. The Hall–Kier alpha value is -2.34. The number of nitrogens with one attached hydrogen (secondary N) is 1. The minimum atomic E-state index is -0.682. The molecule has 0 aromatic heterocycles. The van der Waals surface area contributed by atoms with Crippen LogP contribution in [0, 0.1) is 11.7 Å². The van der Waals surface area contributed by atoms with Crippen LogP contribution in [-0.4, -0.2) is 35.1 Å². The lowest BCUT2D eigenvalue weighted by atomic mass is 10.1. The normalized spacial score (nSPS) is 11.9. The molecule has 2 aromatic carbocycles. The molecule has 1 unspecified atom stereocenters. The van der Waals surface area contributed by atoms with E-state index in [1.165, 1.54) is 22.7 Å². The molecule has 0 saturated heterocycles. The molecule has 0 heterocycles. The number of benzene rings is 2. The van der Waals surface area contributed by atoms with Gasteiger partial charge in [-0.25, -0.2) is 4.39 Å². The summed E-state index contributed by atoms with van der Waals surface area (Å²) in [4.78, 5) is 27.0. The molecule has 0 aliphatic carbocycles. The molecule has 1 atom stereocenters. The summed E-state index contributed by atoms with van der Waals surface area (Å²) in [7, 11) is 0. The van der Waals surface area contributed by atoms with E-state index in [1.807, 2.05) is 44.2 Å². The van der Waals surface area contributed by atoms with E-state index in [2.05, 4.69) is 5.32 Å². The zero-order valence-electron chi connectivity index (χ0n) is 17.2. The van der Waals surface area contributed by atoms with Crippen LogP contribution in [0.5, 0.6) is 0 Å². The number of thioether (sulfide) groups is 1. The Kier molecular flexibility index (Phi) is 9.19. The number of carbonyl (C=O) groups is 2. The first-order chi connectivity index (χ1) is 13.9. The highest BCUT2D eigenvalue weighted by atomic mass is 32.2. The van der Waals surface area contributed by atoms with Crippen LogP contribution in [0.3, 0.4) is 0 Å². The second kappa shape index (κ2) is 11.6. The molecule has 29 heavy (non-hydrogen) atoms. The molecule has 0 radical (unpaired) electrons. The molecule has 4 nitrogen and oxygen atoms in total. The first-order valence-corrected chi connectivity index (χ1v) is 11.0. The fourth-order valence-electron chi connectivity index (χ4n) is 2.76. The van der Waals surface area contributed by atoms with E-state index in [-0.39, 0.29) is 29.9 Å². The molecule has 1 N–H and O–H groups in total. The Morgan fingerprint density at radius 3 is 2.34 bits per heavy atom. The van der Waals surface area contributed by atoms with Crippen LogP contribution in [-0.2, 0) is 21.9 Å². The molecule has 0 aliphatic rings. The molecule has 156 valence electrons. The monoisotopic (exact) mass is 416 g/mol. The highest BCUT2D eigenvalue weighted by Crippen LogP contribution is 2.17. The number of rotatable bonds is 10. The van der Waals surface area contributed by atoms with Crippen LogP contribution in [0.1, 0.15) is 31.9 Å². The number of halogens is 1. The van der Waals surface area contributed by atoms with Crippen molar-refractivity contribution in [3.8, 4) is 0 Å². The van der Waals surface area contributed by atoms with Crippen LogP contribution in [0.15, 0.2) is 54.6 Å². The zero-order valence-corrected chi connectivity index (χ0v) is 18.0. The first kappa shape index (κ1) is 22.9. The van der Waals surface area contributed by atoms with E-state index in [0.29, 0.717) is 23.8 Å². The first-order valence-electron chi connectivity index (χ1n) is 9.80. The van der Waals surface area contributed by atoms with Crippen molar-refractivity contribution in [2.24, 2.45) is 5.92 Å². The molecule has 0 saturated carbocycles. The minimum Gasteiger partial charge on any atom is -0.354 e. The average Bonchev–Trinajstić information content (AvgIpc) is 2.71. The zero-order chi connectivity index (χ0) is 21.2. The van der Waals surface area contributed by atoms with E-state index in [1.54, 1.807) is 25.1 Å². The Bertz CT molecular complexity index is 798. The summed E-state index contributed by atoms with van der Waals surface area (Å²) in [5.74, 6) is 0.456. The maximum absolute atomic E-state index is 14.2. The van der Waals surface area contributed by atoms with Crippen molar-refractivity contribution in [2.45, 2.75) is 39.1 Å². The van der Waals surface area contributed by atoms with Crippen molar-refractivity contribution in [1.82, 2.24) is 10.2 Å². The van der Waals surface area contributed by atoms with Gasteiger partial charge in [0.2, 0.25) is 11.8 Å². The SMILES string of the molecule is CC(C)CNC(=O)C(C)N(Cc1ccccc1F)C(=O)CSCc1ccccc1. The molecule has 2 amide bonds. The van der Waals surface area contributed by atoms with Crippen LogP contribution in [0.25, 0.3) is 0 Å². The molecule has 6 heteroatoms. The fraction of sp³-hybridized carbons (Fsp3) is 0.391. The van der Waals surface area contributed by atoms with Gasteiger partial charge in [0, 0.05) is 24.4 Å². The van der Waals surface area contributed by atoms with Crippen molar-refractivity contribution < 1.29 is 14.0 Å². The number of carbonyl (C=O) groups excluding carboxylic acids is 2. The van der Waals surface area contributed by atoms with Crippen molar-refractivity contribution in [1.29, 1.82) is 0 Å². The quantitative estimate of drug-likeness (QED) is 0.630. The lowest BCUT2D eigenvalue weighted by Crippen LogP contribution is -2.48. The third-order valence-corrected chi connectivity index (χ3v) is 5.48. The summed E-state index contributed by atoms with van der Waals surface area (Å²) < 4.78 is 14.2. The minimum absolute atomic E-state index is 0.0632. The van der Waals surface area contributed by atoms with Gasteiger partial charge in [-0.15, -0.1) is 11.8 Å². The highest BCUT2D eigenvalue weighted by Gasteiger charge is 2.26. The predicted octanol–water partition coefficient (Wildman–Crippen LogP) is 4.25. The third kappa shape index (κ3) is 7.54. The van der Waals surface area contributed by atoms with Gasteiger partial charge in [-0.05, 0) is 24.5 Å². The second-order valence-electron chi connectivity index (χ2n) is 7.41. The predicted molar refractivity (Wildman–Crippen MR) is 117 cm³/mol. The van der Waals surface area contributed by atoms with Gasteiger partial charge in [0.1, 0.15) is 11.9 Å². The Morgan fingerprint density at radius 1 is 1.03 bits per heavy atom. The topological polar surface area (TPSA) is 49.4 Å². The highest BCUT2D eigenvalue weighted by molar-refractivity contribution is 7.99. The smallest absolute Gasteiger partial charge is 0.242 e. The van der Waals surface area contributed by atoms with Crippen LogP contribution < -0.4 is 5.32 Å². The van der Waals surface area contributed by atoms with Crippen molar-refractivity contribution in [3.05, 3.63) is 71.5 Å². The Morgan fingerprint density at radius 2 is 1.69 bits per heavy atom. The summed E-state index contributed by atoms with van der Waals surface area (Å²) in [5, 5.41) is 2.87. The van der Waals surface area contributed by atoms with E-state index < -0.39 is 6.04 Å². The number of hydrogen-bond donors (Lipinski definition) is 1. The van der Waals surface area contributed by atoms with Crippen molar-refractivity contribution >= 4 is 23.6 Å². The fourth-order valence-corrected chi connectivity index (χ4v) is 3.63. The molecule has 0 bridgehead atoms. The number of amides is 2. The van der Waals surface area contributed by atoms with Gasteiger partial charge < -0.3 is 10.2 Å². The molecule has 0 fully saturated rings. The summed E-state index contributed by atoms with van der Waals surface area (Å²) >= 11 is 1.49. The molecule has 2 rings (SSSR count). The van der Waals surface area contributed by atoms with Crippen LogP contribution in [0.2, 0.25) is 0 Å². The van der Waals surface area contributed by atoms with Gasteiger partial charge in [0.25, 0.3) is 0 Å². The second-order valence-corrected chi connectivity index (χ2v) is 8.39. The average molecular weight is 417 g/mol. The summed E-state index contributed by atoms with van der Waals surface area (Å²) in [5.41, 5.74) is 1.53. The molecule has 2 aromatic rings. The molecular formula is C23H29FN2O2S. The summed E-state index contributed by atoms with van der Waals surface area (Å²) in [6.45, 7) is 6.30.